The van der Waals surface area contributed by atoms with E-state index in [0.717, 1.165) is 17.0 Å². The molecule has 1 fully saturated rings. The number of aliphatic hydroxyl groups excluding tert-OH is 1. The van der Waals surface area contributed by atoms with Crippen LogP contribution in [0.25, 0.3) is 0 Å². The molecule has 1 N–H and O–H groups in total. The van der Waals surface area contributed by atoms with Crippen LogP contribution in [-0.2, 0) is 0 Å². The third kappa shape index (κ3) is 2.22. The molecule has 1 aliphatic rings. The number of pyridine rings is 1. The van der Waals surface area contributed by atoms with Crippen LogP contribution in [0.3, 0.4) is 0 Å². The summed E-state index contributed by atoms with van der Waals surface area (Å²) in [5, 5.41) is 10.2. The molecule has 0 radical (unpaired) electrons. The summed E-state index contributed by atoms with van der Waals surface area (Å²) in [6, 6.07) is 12.0. The van der Waals surface area contributed by atoms with Crippen molar-refractivity contribution in [3.63, 3.8) is 0 Å². The molecule has 17 heavy (non-hydrogen) atoms. The molecule has 0 bridgehead atoms. The fourth-order valence-electron chi connectivity index (χ4n) is 2.11. The number of aromatic nitrogens is 1. The minimum atomic E-state index is -0.550. The van der Waals surface area contributed by atoms with Gasteiger partial charge in [-0.15, -0.1) is 0 Å². The quantitative estimate of drug-likeness (QED) is 0.871. The van der Waals surface area contributed by atoms with Crippen molar-refractivity contribution in [1.29, 1.82) is 0 Å². The van der Waals surface area contributed by atoms with Crippen molar-refractivity contribution in [2.45, 2.75) is 24.9 Å². The van der Waals surface area contributed by atoms with Crippen LogP contribution >= 0.6 is 0 Å². The first-order valence-electron chi connectivity index (χ1n) is 6.02. The predicted molar refractivity (Wildman–Crippen MR) is 66.7 cm³/mol. The maximum atomic E-state index is 10.2. The molecule has 1 aromatic carbocycles. The van der Waals surface area contributed by atoms with Gasteiger partial charge in [-0.1, -0.05) is 24.3 Å². The number of rotatable bonds is 3. The number of hydrogen-bond acceptors (Lipinski definition) is 2. The van der Waals surface area contributed by atoms with Gasteiger partial charge >= 0.3 is 0 Å². The zero-order valence-electron chi connectivity index (χ0n) is 9.58. The van der Waals surface area contributed by atoms with Gasteiger partial charge in [0.1, 0.15) is 6.10 Å². The number of hydrogen-bond donors (Lipinski definition) is 1. The summed E-state index contributed by atoms with van der Waals surface area (Å²) >= 11 is 0. The minimum Gasteiger partial charge on any atom is -0.384 e. The summed E-state index contributed by atoms with van der Waals surface area (Å²) in [5.74, 6) is 0.766. The molecular formula is C15H15NO. The van der Waals surface area contributed by atoms with Crippen molar-refractivity contribution in [2.24, 2.45) is 0 Å². The van der Waals surface area contributed by atoms with Crippen LogP contribution in [-0.4, -0.2) is 10.1 Å². The zero-order valence-corrected chi connectivity index (χ0v) is 9.58. The van der Waals surface area contributed by atoms with Crippen molar-refractivity contribution in [1.82, 2.24) is 4.98 Å². The smallest absolute Gasteiger partial charge is 0.104 e. The molecule has 2 nitrogen and oxygen atoms in total. The van der Waals surface area contributed by atoms with Gasteiger partial charge in [-0.05, 0) is 47.6 Å². The van der Waals surface area contributed by atoms with Crippen LogP contribution in [0.1, 0.15) is 41.6 Å². The average Bonchev–Trinajstić information content (AvgIpc) is 3.24. The van der Waals surface area contributed by atoms with Crippen LogP contribution in [0.15, 0.2) is 48.8 Å². The zero-order chi connectivity index (χ0) is 11.7. The van der Waals surface area contributed by atoms with E-state index in [4.69, 9.17) is 0 Å². The molecule has 1 aliphatic carbocycles. The van der Waals surface area contributed by atoms with Crippen molar-refractivity contribution in [3.8, 4) is 0 Å². The van der Waals surface area contributed by atoms with E-state index in [9.17, 15) is 5.11 Å². The van der Waals surface area contributed by atoms with Crippen molar-refractivity contribution in [3.05, 3.63) is 65.5 Å². The van der Waals surface area contributed by atoms with Crippen LogP contribution in [0.4, 0.5) is 0 Å². The Labute approximate surface area is 101 Å². The van der Waals surface area contributed by atoms with Gasteiger partial charge in [-0.2, -0.15) is 0 Å². The van der Waals surface area contributed by atoms with E-state index in [1.807, 2.05) is 24.3 Å². The van der Waals surface area contributed by atoms with E-state index in [1.165, 1.54) is 18.4 Å². The second-order valence-electron chi connectivity index (χ2n) is 4.62. The lowest BCUT2D eigenvalue weighted by Crippen LogP contribution is -1.99. The summed E-state index contributed by atoms with van der Waals surface area (Å²) in [6.07, 6.45) is 5.48. The van der Waals surface area contributed by atoms with E-state index in [1.54, 1.807) is 12.4 Å². The first kappa shape index (κ1) is 10.5. The van der Waals surface area contributed by atoms with Gasteiger partial charge in [0.25, 0.3) is 0 Å². The first-order valence-corrected chi connectivity index (χ1v) is 6.02. The number of benzene rings is 1. The molecule has 1 atom stereocenters. The highest BCUT2D eigenvalue weighted by molar-refractivity contribution is 5.33. The van der Waals surface area contributed by atoms with Gasteiger partial charge in [0.05, 0.1) is 0 Å². The lowest BCUT2D eigenvalue weighted by molar-refractivity contribution is 0.220. The predicted octanol–water partition coefficient (Wildman–Crippen LogP) is 3.04. The molecule has 1 aromatic heterocycles. The van der Waals surface area contributed by atoms with Crippen LogP contribution < -0.4 is 0 Å². The Kier molecular flexibility index (Phi) is 2.65. The summed E-state index contributed by atoms with van der Waals surface area (Å²) in [5.41, 5.74) is 3.23. The SMILES string of the molecule is OC(c1ccncc1)c1ccc(C2CC2)cc1. The minimum absolute atomic E-state index is 0.550. The molecular weight excluding hydrogens is 210 g/mol. The second kappa shape index (κ2) is 4.30. The van der Waals surface area contributed by atoms with Gasteiger partial charge in [0, 0.05) is 12.4 Å². The van der Waals surface area contributed by atoms with E-state index < -0.39 is 6.10 Å². The Bertz CT molecular complexity index is 488. The summed E-state index contributed by atoms with van der Waals surface area (Å²) < 4.78 is 0. The Balaban J connectivity index is 1.83. The number of aliphatic hydroxyl groups is 1. The van der Waals surface area contributed by atoms with E-state index in [2.05, 4.69) is 17.1 Å². The third-order valence-electron chi connectivity index (χ3n) is 3.32. The molecule has 2 heteroatoms. The molecule has 1 unspecified atom stereocenters. The first-order chi connectivity index (χ1) is 8.34. The van der Waals surface area contributed by atoms with E-state index in [-0.39, 0.29) is 0 Å². The fraction of sp³-hybridized carbons (Fsp3) is 0.267. The van der Waals surface area contributed by atoms with Crippen molar-refractivity contribution >= 4 is 0 Å². The molecule has 0 spiro atoms. The van der Waals surface area contributed by atoms with Gasteiger partial charge in [0.15, 0.2) is 0 Å². The van der Waals surface area contributed by atoms with Gasteiger partial charge < -0.3 is 5.11 Å². The molecule has 0 aliphatic heterocycles. The highest BCUT2D eigenvalue weighted by atomic mass is 16.3. The monoisotopic (exact) mass is 225 g/mol. The van der Waals surface area contributed by atoms with Crippen LogP contribution in [0, 0.1) is 0 Å². The summed E-state index contributed by atoms with van der Waals surface area (Å²) in [4.78, 5) is 3.96. The molecule has 0 saturated heterocycles. The lowest BCUT2D eigenvalue weighted by Gasteiger charge is -2.11. The molecule has 1 saturated carbocycles. The molecule has 86 valence electrons. The van der Waals surface area contributed by atoms with Crippen molar-refractivity contribution in [2.75, 3.05) is 0 Å². The van der Waals surface area contributed by atoms with E-state index in [0.29, 0.717) is 0 Å². The Morgan fingerprint density at radius 2 is 1.53 bits per heavy atom. The Morgan fingerprint density at radius 1 is 0.941 bits per heavy atom. The molecule has 3 rings (SSSR count). The third-order valence-corrected chi connectivity index (χ3v) is 3.32. The molecule has 2 aromatic rings. The van der Waals surface area contributed by atoms with Gasteiger partial charge in [-0.3, -0.25) is 4.98 Å². The maximum Gasteiger partial charge on any atom is 0.104 e. The summed E-state index contributed by atoms with van der Waals surface area (Å²) in [6.45, 7) is 0. The Hall–Kier alpha value is -1.67. The maximum absolute atomic E-state index is 10.2. The second-order valence-corrected chi connectivity index (χ2v) is 4.62. The number of nitrogens with zero attached hydrogens (tertiary/aromatic N) is 1. The van der Waals surface area contributed by atoms with E-state index >= 15 is 0 Å². The van der Waals surface area contributed by atoms with Crippen molar-refractivity contribution < 1.29 is 5.11 Å². The molecule has 1 heterocycles. The van der Waals surface area contributed by atoms with Gasteiger partial charge in [0.2, 0.25) is 0 Å². The normalized spacial score (nSPS) is 16.8. The largest absolute Gasteiger partial charge is 0.384 e. The van der Waals surface area contributed by atoms with Crippen LogP contribution in [0.2, 0.25) is 0 Å². The van der Waals surface area contributed by atoms with Crippen LogP contribution in [0.5, 0.6) is 0 Å². The highest BCUT2D eigenvalue weighted by Gasteiger charge is 2.23. The summed E-state index contributed by atoms with van der Waals surface area (Å²) in [7, 11) is 0. The Morgan fingerprint density at radius 3 is 2.12 bits per heavy atom. The highest BCUT2D eigenvalue weighted by Crippen LogP contribution is 2.40. The fourth-order valence-corrected chi connectivity index (χ4v) is 2.11. The van der Waals surface area contributed by atoms with Gasteiger partial charge in [-0.25, -0.2) is 0 Å². The lowest BCUT2D eigenvalue weighted by atomic mass is 10.0. The average molecular weight is 225 g/mol. The topological polar surface area (TPSA) is 33.1 Å². The molecule has 0 amide bonds. The standard InChI is InChI=1S/C15H15NO/c17-15(14-7-9-16-10-8-14)13-5-3-12(4-6-13)11-1-2-11/h3-11,15,17H,1-2H2.